The number of pyridine rings is 1. The van der Waals surface area contributed by atoms with Crippen LogP contribution in [0.1, 0.15) is 18.2 Å². The molecule has 0 unspecified atom stereocenters. The van der Waals surface area contributed by atoms with Gasteiger partial charge in [-0.15, -0.1) is 0 Å². The third-order valence-electron chi connectivity index (χ3n) is 3.20. The van der Waals surface area contributed by atoms with E-state index in [0.717, 1.165) is 34.3 Å². The van der Waals surface area contributed by atoms with Gasteiger partial charge in [0.05, 0.1) is 11.8 Å². The minimum absolute atomic E-state index is 0.902. The summed E-state index contributed by atoms with van der Waals surface area (Å²) in [7, 11) is 0. The van der Waals surface area contributed by atoms with Crippen LogP contribution in [0.5, 0.6) is 0 Å². The molecule has 0 N–H and O–H groups in total. The largest absolute Gasteiger partial charge is 0.464 e. The summed E-state index contributed by atoms with van der Waals surface area (Å²) in [5.74, 6) is 0.902. The fourth-order valence-corrected chi connectivity index (χ4v) is 2.26. The Kier molecular flexibility index (Phi) is 2.63. The maximum absolute atomic E-state index is 5.53. The number of nitrogens with zero attached hydrogens (tertiary/aromatic N) is 1. The number of hydrogen-bond acceptors (Lipinski definition) is 2. The van der Waals surface area contributed by atoms with E-state index in [1.54, 1.807) is 6.26 Å². The normalized spacial score (nSPS) is 11.0. The average molecular weight is 237 g/mol. The Hall–Kier alpha value is -2.09. The molecule has 90 valence electrons. The van der Waals surface area contributed by atoms with Gasteiger partial charge in [-0.3, -0.25) is 4.98 Å². The zero-order chi connectivity index (χ0) is 12.5. The van der Waals surface area contributed by atoms with Gasteiger partial charge in [0.25, 0.3) is 0 Å². The number of fused-ring (bicyclic) bond motifs is 1. The van der Waals surface area contributed by atoms with E-state index in [1.165, 1.54) is 5.56 Å². The molecule has 0 aliphatic carbocycles. The summed E-state index contributed by atoms with van der Waals surface area (Å²) < 4.78 is 5.53. The van der Waals surface area contributed by atoms with Crippen LogP contribution in [0.3, 0.4) is 0 Å². The predicted octanol–water partition coefficient (Wildman–Crippen LogP) is 4.37. The van der Waals surface area contributed by atoms with E-state index in [0.29, 0.717) is 0 Å². The minimum Gasteiger partial charge on any atom is -0.464 e. The molecule has 18 heavy (non-hydrogen) atoms. The number of aromatic nitrogens is 1. The van der Waals surface area contributed by atoms with Crippen LogP contribution >= 0.6 is 0 Å². The lowest BCUT2D eigenvalue weighted by Crippen LogP contribution is -1.89. The third-order valence-corrected chi connectivity index (χ3v) is 3.20. The second-order valence-electron chi connectivity index (χ2n) is 4.49. The number of benzene rings is 1. The van der Waals surface area contributed by atoms with Crippen molar-refractivity contribution in [2.45, 2.75) is 20.3 Å². The van der Waals surface area contributed by atoms with Gasteiger partial charge in [0.1, 0.15) is 5.76 Å². The van der Waals surface area contributed by atoms with Crippen molar-refractivity contribution >= 4 is 10.9 Å². The van der Waals surface area contributed by atoms with Gasteiger partial charge in [-0.2, -0.15) is 0 Å². The first-order valence-corrected chi connectivity index (χ1v) is 6.22. The Labute approximate surface area is 106 Å². The molecule has 2 nitrogen and oxygen atoms in total. The fraction of sp³-hybridized carbons (Fsp3) is 0.188. The summed E-state index contributed by atoms with van der Waals surface area (Å²) in [4.78, 5) is 4.58. The van der Waals surface area contributed by atoms with Gasteiger partial charge in [0.15, 0.2) is 0 Å². The lowest BCUT2D eigenvalue weighted by Gasteiger charge is -2.07. The summed E-state index contributed by atoms with van der Waals surface area (Å²) in [5, 5.41) is 1.16. The lowest BCUT2D eigenvalue weighted by atomic mass is 10.0. The highest BCUT2D eigenvalue weighted by Gasteiger charge is 2.09. The smallest absolute Gasteiger partial charge is 0.134 e. The molecule has 0 radical (unpaired) electrons. The van der Waals surface area contributed by atoms with E-state index < -0.39 is 0 Å². The first-order valence-electron chi connectivity index (χ1n) is 6.22. The van der Waals surface area contributed by atoms with Crippen LogP contribution in [-0.4, -0.2) is 4.98 Å². The second kappa shape index (κ2) is 4.30. The molecule has 2 heteroatoms. The monoisotopic (exact) mass is 237 g/mol. The summed E-state index contributed by atoms with van der Waals surface area (Å²) in [6.07, 6.45) is 2.74. The van der Waals surface area contributed by atoms with Gasteiger partial charge in [-0.05, 0) is 49.2 Å². The lowest BCUT2D eigenvalue weighted by molar-refractivity contribution is 0.583. The van der Waals surface area contributed by atoms with Gasteiger partial charge in [-0.1, -0.05) is 13.0 Å². The van der Waals surface area contributed by atoms with Gasteiger partial charge in [0, 0.05) is 16.6 Å². The first-order chi connectivity index (χ1) is 8.78. The average Bonchev–Trinajstić information content (AvgIpc) is 2.91. The van der Waals surface area contributed by atoms with Gasteiger partial charge < -0.3 is 4.42 Å². The van der Waals surface area contributed by atoms with Crippen LogP contribution in [0.15, 0.2) is 47.1 Å². The van der Waals surface area contributed by atoms with Gasteiger partial charge in [-0.25, -0.2) is 0 Å². The topological polar surface area (TPSA) is 26.0 Å². The van der Waals surface area contributed by atoms with Crippen molar-refractivity contribution in [1.29, 1.82) is 0 Å². The minimum atomic E-state index is 0.902. The molecule has 0 spiro atoms. The first kappa shape index (κ1) is 11.0. The van der Waals surface area contributed by atoms with Crippen LogP contribution in [0.25, 0.3) is 22.2 Å². The van der Waals surface area contributed by atoms with E-state index in [2.05, 4.69) is 36.2 Å². The summed E-state index contributed by atoms with van der Waals surface area (Å²) in [5.41, 5.74) is 4.48. The molecule has 0 atom stereocenters. The fourth-order valence-electron chi connectivity index (χ4n) is 2.26. The second-order valence-corrected chi connectivity index (χ2v) is 4.49. The molecule has 3 rings (SSSR count). The summed E-state index contributed by atoms with van der Waals surface area (Å²) in [6.45, 7) is 4.18. The molecule has 2 heterocycles. The molecule has 1 aromatic carbocycles. The van der Waals surface area contributed by atoms with Crippen molar-refractivity contribution in [2.75, 3.05) is 0 Å². The molecular weight excluding hydrogens is 222 g/mol. The van der Waals surface area contributed by atoms with E-state index in [-0.39, 0.29) is 0 Å². The molecule has 0 aliphatic rings. The van der Waals surface area contributed by atoms with Crippen LogP contribution in [0.4, 0.5) is 0 Å². The van der Waals surface area contributed by atoms with Crippen molar-refractivity contribution in [2.24, 2.45) is 0 Å². The molecule has 0 saturated heterocycles. The molecule has 0 saturated carbocycles. The van der Waals surface area contributed by atoms with Crippen LogP contribution in [0.2, 0.25) is 0 Å². The summed E-state index contributed by atoms with van der Waals surface area (Å²) >= 11 is 0. The van der Waals surface area contributed by atoms with Crippen molar-refractivity contribution in [3.05, 3.63) is 53.9 Å². The third kappa shape index (κ3) is 1.80. The standard InChI is InChI=1S/C16H15NO/c1-3-12-6-7-15-13(10-12)14(9-11(2)17-15)16-5-4-8-18-16/h4-10H,3H2,1-2H3. The number of rotatable bonds is 2. The Bertz CT molecular complexity index is 684. The number of hydrogen-bond donors (Lipinski definition) is 0. The molecule has 0 amide bonds. The Morgan fingerprint density at radius 1 is 1.17 bits per heavy atom. The van der Waals surface area contributed by atoms with Crippen LogP contribution < -0.4 is 0 Å². The highest BCUT2D eigenvalue weighted by Crippen LogP contribution is 2.29. The Balaban J connectivity index is 2.34. The van der Waals surface area contributed by atoms with E-state index in [1.807, 2.05) is 19.1 Å². The number of aryl methyl sites for hydroxylation is 2. The van der Waals surface area contributed by atoms with Crippen molar-refractivity contribution in [3.8, 4) is 11.3 Å². The van der Waals surface area contributed by atoms with Gasteiger partial charge in [0.2, 0.25) is 0 Å². The summed E-state index contributed by atoms with van der Waals surface area (Å²) in [6, 6.07) is 12.4. The molecular formula is C16H15NO. The maximum atomic E-state index is 5.53. The van der Waals surface area contributed by atoms with Crippen molar-refractivity contribution in [1.82, 2.24) is 4.98 Å². The molecule has 0 aliphatic heterocycles. The van der Waals surface area contributed by atoms with Crippen LogP contribution in [0, 0.1) is 6.92 Å². The van der Waals surface area contributed by atoms with E-state index >= 15 is 0 Å². The zero-order valence-corrected chi connectivity index (χ0v) is 10.6. The highest BCUT2D eigenvalue weighted by atomic mass is 16.3. The highest BCUT2D eigenvalue weighted by molar-refractivity contribution is 5.93. The van der Waals surface area contributed by atoms with E-state index in [9.17, 15) is 0 Å². The predicted molar refractivity (Wildman–Crippen MR) is 73.6 cm³/mol. The molecule has 0 bridgehead atoms. The Morgan fingerprint density at radius 2 is 2.06 bits per heavy atom. The molecule has 2 aromatic heterocycles. The van der Waals surface area contributed by atoms with Crippen molar-refractivity contribution in [3.63, 3.8) is 0 Å². The Morgan fingerprint density at radius 3 is 2.78 bits per heavy atom. The SMILES string of the molecule is CCc1ccc2nc(C)cc(-c3ccco3)c2c1. The van der Waals surface area contributed by atoms with Crippen LogP contribution in [-0.2, 0) is 6.42 Å². The van der Waals surface area contributed by atoms with Gasteiger partial charge >= 0.3 is 0 Å². The quantitative estimate of drug-likeness (QED) is 0.661. The maximum Gasteiger partial charge on any atom is 0.134 e. The van der Waals surface area contributed by atoms with Crippen molar-refractivity contribution < 1.29 is 4.42 Å². The molecule has 0 fully saturated rings. The van der Waals surface area contributed by atoms with E-state index in [4.69, 9.17) is 4.42 Å². The zero-order valence-electron chi connectivity index (χ0n) is 10.6. The number of furan rings is 1. The molecule has 3 aromatic rings.